The number of carbonyl (C=O) groups excluding carboxylic acids is 1. The predicted molar refractivity (Wildman–Crippen MR) is 108 cm³/mol. The molecule has 1 aliphatic carbocycles. The van der Waals surface area contributed by atoms with Crippen LogP contribution in [0.25, 0.3) is 0 Å². The Morgan fingerprint density at radius 2 is 1.93 bits per heavy atom. The molecule has 0 radical (unpaired) electrons. The lowest BCUT2D eigenvalue weighted by Crippen LogP contribution is -2.41. The zero-order valence-electron chi connectivity index (χ0n) is 17.0. The minimum absolute atomic E-state index is 0.0658. The number of halogens is 1. The van der Waals surface area contributed by atoms with E-state index in [1.54, 1.807) is 6.07 Å². The third-order valence-corrected chi connectivity index (χ3v) is 5.48. The molecule has 2 amide bonds. The van der Waals surface area contributed by atoms with Crippen LogP contribution in [0.3, 0.4) is 0 Å². The maximum Gasteiger partial charge on any atom is 0.314 e. The highest BCUT2D eigenvalue weighted by Gasteiger charge is 2.18. The van der Waals surface area contributed by atoms with E-state index in [9.17, 15) is 9.18 Å². The second kappa shape index (κ2) is 11.2. The standard InChI is InChI=1S/C21H35FN4O/c1-25(2)20(17-9-7-10-18(22)15-17)16-24-21(27)23-13-8-14-26(3)19-11-5-4-6-12-19/h7,9-10,15,19-20H,4-6,8,11-14,16H2,1-3H3,(H2,23,24,27). The van der Waals surface area contributed by atoms with Gasteiger partial charge in [-0.25, -0.2) is 9.18 Å². The summed E-state index contributed by atoms with van der Waals surface area (Å²) >= 11 is 0. The Morgan fingerprint density at radius 3 is 2.59 bits per heavy atom. The van der Waals surface area contributed by atoms with Gasteiger partial charge in [0.25, 0.3) is 0 Å². The fraction of sp³-hybridized carbons (Fsp3) is 0.667. The second-order valence-electron chi connectivity index (χ2n) is 7.80. The van der Waals surface area contributed by atoms with Crippen LogP contribution >= 0.6 is 0 Å². The molecule has 1 saturated carbocycles. The third-order valence-electron chi connectivity index (χ3n) is 5.48. The van der Waals surface area contributed by atoms with Gasteiger partial charge in [0.05, 0.1) is 6.04 Å². The molecule has 27 heavy (non-hydrogen) atoms. The lowest BCUT2D eigenvalue weighted by molar-refractivity contribution is 0.189. The molecule has 152 valence electrons. The van der Waals surface area contributed by atoms with Gasteiger partial charge in [0.2, 0.25) is 0 Å². The zero-order valence-corrected chi connectivity index (χ0v) is 17.0. The topological polar surface area (TPSA) is 47.6 Å². The molecule has 0 heterocycles. The van der Waals surface area contributed by atoms with Gasteiger partial charge in [-0.15, -0.1) is 0 Å². The van der Waals surface area contributed by atoms with Crippen LogP contribution in [0.4, 0.5) is 9.18 Å². The minimum Gasteiger partial charge on any atom is -0.338 e. The molecule has 1 aromatic carbocycles. The van der Waals surface area contributed by atoms with Crippen LogP contribution in [-0.4, -0.2) is 62.7 Å². The van der Waals surface area contributed by atoms with Crippen molar-refractivity contribution in [3.05, 3.63) is 35.6 Å². The summed E-state index contributed by atoms with van der Waals surface area (Å²) in [6.45, 7) is 2.11. The number of amides is 2. The maximum absolute atomic E-state index is 13.5. The fourth-order valence-corrected chi connectivity index (χ4v) is 3.80. The van der Waals surface area contributed by atoms with Gasteiger partial charge in [-0.3, -0.25) is 0 Å². The highest BCUT2D eigenvalue weighted by atomic mass is 19.1. The van der Waals surface area contributed by atoms with Gasteiger partial charge >= 0.3 is 6.03 Å². The Balaban J connectivity index is 1.67. The van der Waals surface area contributed by atoms with Crippen molar-refractivity contribution in [2.45, 2.75) is 50.6 Å². The lowest BCUT2D eigenvalue weighted by atomic mass is 9.94. The van der Waals surface area contributed by atoms with Crippen molar-refractivity contribution in [1.29, 1.82) is 0 Å². The Bertz CT molecular complexity index is 575. The number of likely N-dealkylation sites (N-methyl/N-ethyl adjacent to an activating group) is 1. The predicted octanol–water partition coefficient (Wildman–Crippen LogP) is 3.38. The van der Waals surface area contributed by atoms with Crippen LogP contribution in [0, 0.1) is 5.82 Å². The molecule has 1 aliphatic rings. The summed E-state index contributed by atoms with van der Waals surface area (Å²) in [5, 5.41) is 5.83. The summed E-state index contributed by atoms with van der Waals surface area (Å²) in [7, 11) is 6.04. The Labute approximate surface area is 163 Å². The third kappa shape index (κ3) is 7.46. The Morgan fingerprint density at radius 1 is 1.19 bits per heavy atom. The largest absolute Gasteiger partial charge is 0.338 e. The smallest absolute Gasteiger partial charge is 0.314 e. The van der Waals surface area contributed by atoms with E-state index in [4.69, 9.17) is 0 Å². The summed E-state index contributed by atoms with van der Waals surface area (Å²) in [6.07, 6.45) is 7.60. The number of rotatable bonds is 9. The van der Waals surface area contributed by atoms with Crippen molar-refractivity contribution in [3.8, 4) is 0 Å². The lowest BCUT2D eigenvalue weighted by Gasteiger charge is -2.31. The molecule has 0 saturated heterocycles. The molecule has 2 N–H and O–H groups in total. The fourth-order valence-electron chi connectivity index (χ4n) is 3.80. The quantitative estimate of drug-likeness (QED) is 0.648. The molecular weight excluding hydrogens is 343 g/mol. The van der Waals surface area contributed by atoms with Crippen molar-refractivity contribution in [1.82, 2.24) is 20.4 Å². The molecule has 0 spiro atoms. The van der Waals surface area contributed by atoms with Crippen LogP contribution in [0.1, 0.15) is 50.1 Å². The molecule has 0 aliphatic heterocycles. The van der Waals surface area contributed by atoms with E-state index in [1.807, 2.05) is 25.1 Å². The van der Waals surface area contributed by atoms with Gasteiger partial charge in [-0.2, -0.15) is 0 Å². The highest BCUT2D eigenvalue weighted by molar-refractivity contribution is 5.73. The Kier molecular flexibility index (Phi) is 9.01. The normalized spacial score (nSPS) is 16.5. The molecule has 1 aromatic rings. The van der Waals surface area contributed by atoms with Crippen LogP contribution in [-0.2, 0) is 0 Å². The van der Waals surface area contributed by atoms with Gasteiger partial charge in [0, 0.05) is 19.1 Å². The van der Waals surface area contributed by atoms with Gasteiger partial charge in [0.15, 0.2) is 0 Å². The average Bonchev–Trinajstić information content (AvgIpc) is 2.65. The van der Waals surface area contributed by atoms with E-state index in [2.05, 4.69) is 22.6 Å². The summed E-state index contributed by atoms with van der Waals surface area (Å²) < 4.78 is 13.5. The van der Waals surface area contributed by atoms with Crippen molar-refractivity contribution in [3.63, 3.8) is 0 Å². The van der Waals surface area contributed by atoms with Crippen LogP contribution in [0.2, 0.25) is 0 Å². The molecule has 0 bridgehead atoms. The SMILES string of the molecule is CN(C)C(CNC(=O)NCCCN(C)C1CCCCC1)c1cccc(F)c1. The first kappa shape index (κ1) is 21.6. The van der Waals surface area contributed by atoms with E-state index >= 15 is 0 Å². The maximum atomic E-state index is 13.5. The molecule has 6 heteroatoms. The van der Waals surface area contributed by atoms with Crippen LogP contribution in [0.15, 0.2) is 24.3 Å². The number of hydrogen-bond donors (Lipinski definition) is 2. The molecular formula is C21H35FN4O. The van der Waals surface area contributed by atoms with Gasteiger partial charge in [-0.05, 0) is 64.6 Å². The molecule has 2 rings (SSSR count). The summed E-state index contributed by atoms with van der Waals surface area (Å²) in [6, 6.07) is 7.01. The van der Waals surface area contributed by atoms with Gasteiger partial charge in [0.1, 0.15) is 5.82 Å². The number of benzene rings is 1. The van der Waals surface area contributed by atoms with E-state index in [0.717, 1.165) is 18.5 Å². The number of hydrogen-bond acceptors (Lipinski definition) is 3. The first-order valence-electron chi connectivity index (χ1n) is 10.1. The summed E-state index contributed by atoms with van der Waals surface area (Å²) in [5.74, 6) is -0.258. The van der Waals surface area contributed by atoms with Gasteiger partial charge in [-0.1, -0.05) is 31.4 Å². The average molecular weight is 379 g/mol. The van der Waals surface area contributed by atoms with E-state index in [-0.39, 0.29) is 17.9 Å². The monoisotopic (exact) mass is 378 g/mol. The number of nitrogens with zero attached hydrogens (tertiary/aromatic N) is 2. The summed E-state index contributed by atoms with van der Waals surface area (Å²) in [5.41, 5.74) is 0.856. The molecule has 1 atom stereocenters. The van der Waals surface area contributed by atoms with Crippen molar-refractivity contribution in [2.24, 2.45) is 0 Å². The molecule has 0 aromatic heterocycles. The number of nitrogens with one attached hydrogen (secondary N) is 2. The van der Waals surface area contributed by atoms with Crippen LogP contribution < -0.4 is 10.6 Å². The van der Waals surface area contributed by atoms with E-state index in [1.165, 1.54) is 44.2 Å². The van der Waals surface area contributed by atoms with E-state index in [0.29, 0.717) is 19.1 Å². The van der Waals surface area contributed by atoms with E-state index < -0.39 is 0 Å². The van der Waals surface area contributed by atoms with Crippen molar-refractivity contribution < 1.29 is 9.18 Å². The highest BCUT2D eigenvalue weighted by Crippen LogP contribution is 2.21. The number of carbonyl (C=O) groups is 1. The van der Waals surface area contributed by atoms with Gasteiger partial charge < -0.3 is 20.4 Å². The molecule has 5 nitrogen and oxygen atoms in total. The minimum atomic E-state index is -0.258. The zero-order chi connectivity index (χ0) is 19.6. The Hall–Kier alpha value is -1.66. The molecule has 1 unspecified atom stereocenters. The second-order valence-corrected chi connectivity index (χ2v) is 7.80. The van der Waals surface area contributed by atoms with Crippen LogP contribution in [0.5, 0.6) is 0 Å². The molecule has 1 fully saturated rings. The number of urea groups is 1. The van der Waals surface area contributed by atoms with Crippen molar-refractivity contribution in [2.75, 3.05) is 40.8 Å². The summed E-state index contributed by atoms with van der Waals surface area (Å²) in [4.78, 5) is 16.5. The first-order valence-corrected chi connectivity index (χ1v) is 10.1. The van der Waals surface area contributed by atoms with Crippen molar-refractivity contribution >= 4 is 6.03 Å². The first-order chi connectivity index (χ1) is 13.0.